The minimum absolute atomic E-state index is 0.0306. The second-order valence-corrected chi connectivity index (χ2v) is 7.27. The van der Waals surface area contributed by atoms with Crippen molar-refractivity contribution in [3.05, 3.63) is 60.7 Å². The Morgan fingerprint density at radius 2 is 1.97 bits per heavy atom. The topological polar surface area (TPSA) is 89.0 Å². The maximum Gasteiger partial charge on any atom is 0.224 e. The van der Waals surface area contributed by atoms with E-state index < -0.39 is 0 Å². The van der Waals surface area contributed by atoms with Crippen molar-refractivity contribution in [1.29, 1.82) is 0 Å². The van der Waals surface area contributed by atoms with Crippen molar-refractivity contribution in [3.63, 3.8) is 0 Å². The third-order valence-electron chi connectivity index (χ3n) is 4.87. The summed E-state index contributed by atoms with van der Waals surface area (Å²) in [5, 5.41) is 6.38. The van der Waals surface area contributed by atoms with Gasteiger partial charge in [0.25, 0.3) is 0 Å². The maximum absolute atomic E-state index is 12.0. The van der Waals surface area contributed by atoms with Crippen molar-refractivity contribution < 1.29 is 9.53 Å². The summed E-state index contributed by atoms with van der Waals surface area (Å²) in [6.07, 6.45) is 10.3. The number of hydrogen-bond acceptors (Lipinski definition) is 6. The van der Waals surface area contributed by atoms with Gasteiger partial charge in [0.2, 0.25) is 5.91 Å². The highest BCUT2D eigenvalue weighted by Gasteiger charge is 2.14. The number of carbonyl (C=O) groups is 1. The maximum atomic E-state index is 12.0. The molecule has 0 aliphatic carbocycles. The third-order valence-corrected chi connectivity index (χ3v) is 4.87. The van der Waals surface area contributed by atoms with Gasteiger partial charge in [0.1, 0.15) is 11.6 Å². The third kappa shape index (κ3) is 6.01. The predicted octanol–water partition coefficient (Wildman–Crippen LogP) is 5.24. The van der Waals surface area contributed by atoms with E-state index in [2.05, 4.69) is 33.6 Å². The molecule has 0 bridgehead atoms. The molecule has 0 spiro atoms. The van der Waals surface area contributed by atoms with E-state index in [0.717, 1.165) is 36.1 Å². The van der Waals surface area contributed by atoms with Gasteiger partial charge in [0.05, 0.1) is 36.9 Å². The minimum Gasteiger partial charge on any atom is -0.495 e. The predicted molar refractivity (Wildman–Crippen MR) is 123 cm³/mol. The van der Waals surface area contributed by atoms with Crippen molar-refractivity contribution in [3.8, 4) is 17.0 Å². The molecule has 7 nitrogen and oxygen atoms in total. The monoisotopic (exact) mass is 419 g/mol. The number of ether oxygens (including phenoxy) is 1. The molecule has 2 aromatic heterocycles. The van der Waals surface area contributed by atoms with Crippen LogP contribution >= 0.6 is 0 Å². The van der Waals surface area contributed by atoms with Gasteiger partial charge in [-0.1, -0.05) is 32.4 Å². The fourth-order valence-corrected chi connectivity index (χ4v) is 3.34. The van der Waals surface area contributed by atoms with Crippen molar-refractivity contribution in [2.75, 3.05) is 17.7 Å². The van der Waals surface area contributed by atoms with Gasteiger partial charge in [-0.2, -0.15) is 0 Å². The quantitative estimate of drug-likeness (QED) is 0.467. The second kappa shape index (κ2) is 11.1. The lowest BCUT2D eigenvalue weighted by Crippen LogP contribution is -2.12. The van der Waals surface area contributed by atoms with Crippen LogP contribution in [-0.4, -0.2) is 28.0 Å². The lowest BCUT2D eigenvalue weighted by Gasteiger charge is -2.19. The largest absolute Gasteiger partial charge is 0.495 e. The Hall–Kier alpha value is -3.48. The second-order valence-electron chi connectivity index (χ2n) is 7.27. The number of carbonyl (C=O) groups excluding carboxylic acids is 1. The summed E-state index contributed by atoms with van der Waals surface area (Å²) in [7, 11) is 1.58. The van der Waals surface area contributed by atoms with Crippen molar-refractivity contribution >= 4 is 17.4 Å². The van der Waals surface area contributed by atoms with E-state index >= 15 is 0 Å². The van der Waals surface area contributed by atoms with Gasteiger partial charge in [-0.3, -0.25) is 14.8 Å². The lowest BCUT2D eigenvalue weighted by atomic mass is 10.0. The van der Waals surface area contributed by atoms with Crippen LogP contribution in [-0.2, 0) is 4.79 Å². The van der Waals surface area contributed by atoms with Crippen LogP contribution in [0, 0.1) is 0 Å². The number of rotatable bonds is 10. The van der Waals surface area contributed by atoms with Crippen LogP contribution in [0.3, 0.4) is 0 Å². The Bertz CT molecular complexity index is 994. The summed E-state index contributed by atoms with van der Waals surface area (Å²) < 4.78 is 5.49. The Morgan fingerprint density at radius 1 is 1.10 bits per heavy atom. The molecule has 2 N–H and O–H groups in total. The molecule has 1 aromatic carbocycles. The average Bonchev–Trinajstić information content (AvgIpc) is 2.80. The first-order valence-corrected chi connectivity index (χ1v) is 10.6. The number of nitrogens with one attached hydrogen (secondary N) is 2. The molecule has 162 valence electrons. The molecule has 0 radical (unpaired) electrons. The number of aromatic nitrogens is 3. The minimum atomic E-state index is -0.0306. The molecule has 0 aliphatic heterocycles. The van der Waals surface area contributed by atoms with Gasteiger partial charge >= 0.3 is 0 Å². The molecule has 0 saturated carbocycles. The van der Waals surface area contributed by atoms with E-state index in [0.29, 0.717) is 23.7 Å². The van der Waals surface area contributed by atoms with Crippen LogP contribution < -0.4 is 15.4 Å². The van der Waals surface area contributed by atoms with Gasteiger partial charge in [-0.15, -0.1) is 0 Å². The van der Waals surface area contributed by atoms with Crippen LogP contribution in [0.15, 0.2) is 55.1 Å². The average molecular weight is 420 g/mol. The molecule has 1 amide bonds. The summed E-state index contributed by atoms with van der Waals surface area (Å²) in [6, 6.07) is 9.71. The smallest absolute Gasteiger partial charge is 0.224 e. The van der Waals surface area contributed by atoms with Gasteiger partial charge in [0, 0.05) is 24.4 Å². The summed E-state index contributed by atoms with van der Waals surface area (Å²) in [6.45, 7) is 4.12. The zero-order chi connectivity index (χ0) is 22.1. The molecule has 31 heavy (non-hydrogen) atoms. The van der Waals surface area contributed by atoms with E-state index in [9.17, 15) is 4.79 Å². The molecular weight excluding hydrogens is 390 g/mol. The molecule has 3 rings (SSSR count). The van der Waals surface area contributed by atoms with Gasteiger partial charge in [-0.05, 0) is 36.6 Å². The molecular formula is C24H29N5O2. The van der Waals surface area contributed by atoms with Crippen LogP contribution in [0.4, 0.5) is 11.5 Å². The molecule has 3 aromatic rings. The number of benzene rings is 1. The number of nitrogens with zero attached hydrogens (tertiary/aromatic N) is 3. The van der Waals surface area contributed by atoms with Gasteiger partial charge in [0.15, 0.2) is 0 Å². The number of hydrogen-bond donors (Lipinski definition) is 2. The van der Waals surface area contributed by atoms with Crippen molar-refractivity contribution in [2.45, 2.75) is 45.6 Å². The van der Waals surface area contributed by atoms with E-state index in [1.165, 1.54) is 0 Å². The zero-order valence-electron chi connectivity index (χ0n) is 18.3. The van der Waals surface area contributed by atoms with Crippen molar-refractivity contribution in [2.24, 2.45) is 0 Å². The van der Waals surface area contributed by atoms with E-state index in [-0.39, 0.29) is 11.9 Å². The Morgan fingerprint density at radius 3 is 2.68 bits per heavy atom. The van der Waals surface area contributed by atoms with Gasteiger partial charge in [-0.25, -0.2) is 4.98 Å². The Kier molecular flexibility index (Phi) is 7.92. The molecule has 0 unspecified atom stereocenters. The summed E-state index contributed by atoms with van der Waals surface area (Å²) in [5.41, 5.74) is 3.34. The lowest BCUT2D eigenvalue weighted by molar-refractivity contribution is -0.116. The van der Waals surface area contributed by atoms with Crippen LogP contribution in [0.2, 0.25) is 0 Å². The number of pyridine rings is 1. The van der Waals surface area contributed by atoms with Crippen LogP contribution in [0.5, 0.6) is 5.75 Å². The van der Waals surface area contributed by atoms with Crippen LogP contribution in [0.1, 0.15) is 51.1 Å². The van der Waals surface area contributed by atoms with E-state index in [1.54, 1.807) is 25.7 Å². The fraction of sp³-hybridized carbons (Fsp3) is 0.333. The molecule has 7 heteroatoms. The molecule has 0 fully saturated rings. The highest BCUT2D eigenvalue weighted by molar-refractivity contribution is 5.92. The van der Waals surface area contributed by atoms with E-state index in [1.807, 2.05) is 37.4 Å². The highest BCUT2D eigenvalue weighted by Crippen LogP contribution is 2.31. The number of methoxy groups -OCH3 is 1. The molecule has 2 heterocycles. The fourth-order valence-electron chi connectivity index (χ4n) is 3.34. The highest BCUT2D eigenvalue weighted by atomic mass is 16.5. The van der Waals surface area contributed by atoms with E-state index in [4.69, 9.17) is 9.72 Å². The SMILES string of the molecule is CCCC(=O)Nc1ccc(-c2cncc(N[C@H](CCC)c3cccnc3)n2)cc1OC. The Labute approximate surface area is 183 Å². The first-order chi connectivity index (χ1) is 15.1. The normalized spacial score (nSPS) is 11.6. The summed E-state index contributed by atoms with van der Waals surface area (Å²) >= 11 is 0. The number of amides is 1. The summed E-state index contributed by atoms with van der Waals surface area (Å²) in [4.78, 5) is 25.3. The number of anilines is 2. The first-order valence-electron chi connectivity index (χ1n) is 10.6. The van der Waals surface area contributed by atoms with Crippen LogP contribution in [0.25, 0.3) is 11.3 Å². The molecule has 1 atom stereocenters. The molecule has 0 aliphatic rings. The zero-order valence-corrected chi connectivity index (χ0v) is 18.3. The standard InChI is InChI=1S/C24H29N5O2/c1-4-7-19(18-9-6-12-25-14-18)27-23-16-26-15-21(28-23)17-10-11-20(22(13-17)31-3)29-24(30)8-5-2/h6,9-16,19H,4-5,7-8H2,1-3H3,(H,27,28)(H,29,30)/t19-/m1/s1. The first kappa shape index (κ1) is 22.2. The Balaban J connectivity index is 1.82. The van der Waals surface area contributed by atoms with Crippen molar-refractivity contribution in [1.82, 2.24) is 15.0 Å². The summed E-state index contributed by atoms with van der Waals surface area (Å²) in [5.74, 6) is 1.25. The van der Waals surface area contributed by atoms with Gasteiger partial charge < -0.3 is 15.4 Å². The molecule has 0 saturated heterocycles.